The molecule has 4 nitrogen and oxygen atoms in total. The summed E-state index contributed by atoms with van der Waals surface area (Å²) in [4.78, 5) is 5.49. The Labute approximate surface area is 91.0 Å². The van der Waals surface area contributed by atoms with E-state index in [9.17, 15) is 0 Å². The van der Waals surface area contributed by atoms with Crippen LogP contribution in [0.1, 0.15) is 13.8 Å². The monoisotopic (exact) mass is 209 g/mol. The van der Waals surface area contributed by atoms with Gasteiger partial charge in [-0.25, -0.2) is 0 Å². The first-order chi connectivity index (χ1) is 7.24. The van der Waals surface area contributed by atoms with Gasteiger partial charge < -0.3 is 10.6 Å². The number of dihydropyridines is 1. The Morgan fingerprint density at radius 2 is 2.33 bits per heavy atom. The summed E-state index contributed by atoms with van der Waals surface area (Å²) in [5.74, 6) is 0. The lowest BCUT2D eigenvalue weighted by atomic mass is 10.1. The summed E-state index contributed by atoms with van der Waals surface area (Å²) >= 11 is 0. The van der Waals surface area contributed by atoms with Crippen molar-refractivity contribution < 1.29 is 4.84 Å². The second-order valence-electron chi connectivity index (χ2n) is 3.48. The number of hydrogen-bond donors (Lipinski definition) is 3. The van der Waals surface area contributed by atoms with Gasteiger partial charge in [-0.05, 0) is 26.1 Å². The molecule has 0 aromatic rings. The smallest absolute Gasteiger partial charge is 0.106 e. The SMILES string of the molecule is CN/C=C(\C)NOC(C)C1C=CC=CN1. The van der Waals surface area contributed by atoms with Gasteiger partial charge in [0.25, 0.3) is 0 Å². The van der Waals surface area contributed by atoms with Gasteiger partial charge >= 0.3 is 0 Å². The molecule has 84 valence electrons. The minimum Gasteiger partial charge on any atom is -0.393 e. The van der Waals surface area contributed by atoms with E-state index in [0.717, 1.165) is 5.70 Å². The predicted molar refractivity (Wildman–Crippen MR) is 61.7 cm³/mol. The summed E-state index contributed by atoms with van der Waals surface area (Å²) in [7, 11) is 1.85. The van der Waals surface area contributed by atoms with E-state index < -0.39 is 0 Å². The van der Waals surface area contributed by atoms with Gasteiger partial charge in [-0.2, -0.15) is 0 Å². The summed E-state index contributed by atoms with van der Waals surface area (Å²) < 4.78 is 0. The summed E-state index contributed by atoms with van der Waals surface area (Å²) in [5.41, 5.74) is 3.83. The molecule has 3 N–H and O–H groups in total. The van der Waals surface area contributed by atoms with Gasteiger partial charge in [-0.1, -0.05) is 12.2 Å². The normalized spacial score (nSPS) is 22.1. The standard InChI is InChI=1S/C11H19N3O/c1-9(8-12-3)14-15-10(2)11-6-4-5-7-13-11/h4-8,10-14H,1-3H3/b9-8+. The quantitative estimate of drug-likeness (QED) is 0.592. The first-order valence-corrected chi connectivity index (χ1v) is 5.09. The molecule has 0 radical (unpaired) electrons. The third-order valence-electron chi connectivity index (χ3n) is 2.09. The van der Waals surface area contributed by atoms with Gasteiger partial charge in [0.2, 0.25) is 0 Å². The van der Waals surface area contributed by atoms with Crippen molar-refractivity contribution in [3.05, 3.63) is 36.3 Å². The van der Waals surface area contributed by atoms with Crippen molar-refractivity contribution in [1.82, 2.24) is 16.1 Å². The number of allylic oxidation sites excluding steroid dienone is 3. The van der Waals surface area contributed by atoms with Crippen molar-refractivity contribution in [2.24, 2.45) is 0 Å². The molecule has 1 aliphatic rings. The van der Waals surface area contributed by atoms with Crippen LogP contribution in [-0.4, -0.2) is 19.2 Å². The highest BCUT2D eigenvalue weighted by Gasteiger charge is 2.14. The molecule has 0 aromatic carbocycles. The molecule has 0 aliphatic carbocycles. The summed E-state index contributed by atoms with van der Waals surface area (Å²) in [5, 5.41) is 6.13. The van der Waals surface area contributed by atoms with E-state index in [0.29, 0.717) is 0 Å². The lowest BCUT2D eigenvalue weighted by molar-refractivity contribution is -0.00736. The van der Waals surface area contributed by atoms with Crippen LogP contribution >= 0.6 is 0 Å². The largest absolute Gasteiger partial charge is 0.393 e. The Morgan fingerprint density at radius 1 is 1.53 bits per heavy atom. The van der Waals surface area contributed by atoms with Crippen LogP contribution in [0.5, 0.6) is 0 Å². The first-order valence-electron chi connectivity index (χ1n) is 5.09. The molecule has 1 aliphatic heterocycles. The zero-order chi connectivity index (χ0) is 11.1. The van der Waals surface area contributed by atoms with Gasteiger partial charge in [-0.3, -0.25) is 10.3 Å². The maximum absolute atomic E-state index is 5.49. The molecule has 0 amide bonds. The van der Waals surface area contributed by atoms with Crippen molar-refractivity contribution in [3.63, 3.8) is 0 Å². The van der Waals surface area contributed by atoms with Crippen molar-refractivity contribution in [3.8, 4) is 0 Å². The first kappa shape index (κ1) is 11.7. The van der Waals surface area contributed by atoms with Crippen LogP contribution in [0.3, 0.4) is 0 Å². The Bertz CT molecular complexity index is 271. The van der Waals surface area contributed by atoms with Crippen molar-refractivity contribution in [2.45, 2.75) is 26.0 Å². The molecular formula is C11H19N3O. The van der Waals surface area contributed by atoms with Gasteiger partial charge in [0.05, 0.1) is 11.7 Å². The van der Waals surface area contributed by atoms with Gasteiger partial charge in [0.1, 0.15) is 6.10 Å². The van der Waals surface area contributed by atoms with E-state index in [1.807, 2.05) is 45.4 Å². The van der Waals surface area contributed by atoms with Crippen LogP contribution in [0, 0.1) is 0 Å². The zero-order valence-electron chi connectivity index (χ0n) is 9.45. The fourth-order valence-corrected chi connectivity index (χ4v) is 1.26. The molecule has 0 saturated heterocycles. The van der Waals surface area contributed by atoms with Crippen LogP contribution in [0.25, 0.3) is 0 Å². The van der Waals surface area contributed by atoms with Crippen molar-refractivity contribution >= 4 is 0 Å². The molecule has 0 bridgehead atoms. The molecule has 1 heterocycles. The zero-order valence-corrected chi connectivity index (χ0v) is 9.45. The van der Waals surface area contributed by atoms with Crippen LogP contribution in [0.15, 0.2) is 36.3 Å². The van der Waals surface area contributed by atoms with E-state index in [2.05, 4.69) is 22.2 Å². The third kappa shape index (κ3) is 4.08. The van der Waals surface area contributed by atoms with Crippen LogP contribution < -0.4 is 16.1 Å². The molecule has 4 heteroatoms. The Hall–Kier alpha value is -1.42. The highest BCUT2D eigenvalue weighted by atomic mass is 16.7. The van der Waals surface area contributed by atoms with Crippen molar-refractivity contribution in [2.75, 3.05) is 7.05 Å². The minimum absolute atomic E-state index is 0.0615. The maximum atomic E-state index is 5.49. The van der Waals surface area contributed by atoms with Gasteiger partial charge in [0, 0.05) is 13.2 Å². The van der Waals surface area contributed by atoms with Gasteiger partial charge in [0.15, 0.2) is 0 Å². The molecular weight excluding hydrogens is 190 g/mol. The number of hydrogen-bond acceptors (Lipinski definition) is 4. The molecule has 1 rings (SSSR count). The summed E-state index contributed by atoms with van der Waals surface area (Å²) in [6, 6.07) is 0.213. The minimum atomic E-state index is 0.0615. The second-order valence-corrected chi connectivity index (χ2v) is 3.48. The topological polar surface area (TPSA) is 45.3 Å². The third-order valence-corrected chi connectivity index (χ3v) is 2.09. The molecule has 15 heavy (non-hydrogen) atoms. The Morgan fingerprint density at radius 3 is 2.93 bits per heavy atom. The highest BCUT2D eigenvalue weighted by Crippen LogP contribution is 2.03. The lowest BCUT2D eigenvalue weighted by Gasteiger charge is -2.23. The Balaban J connectivity index is 2.29. The van der Waals surface area contributed by atoms with Gasteiger partial charge in [-0.15, -0.1) is 0 Å². The second kappa shape index (κ2) is 6.14. The highest BCUT2D eigenvalue weighted by molar-refractivity contribution is 5.13. The number of hydroxylamine groups is 1. The predicted octanol–water partition coefficient (Wildman–Crippen LogP) is 1.02. The number of rotatable bonds is 5. The molecule has 0 saturated carbocycles. The summed E-state index contributed by atoms with van der Waals surface area (Å²) in [6.45, 7) is 3.95. The fraction of sp³-hybridized carbons (Fsp3) is 0.455. The van der Waals surface area contributed by atoms with E-state index >= 15 is 0 Å². The maximum Gasteiger partial charge on any atom is 0.106 e. The average molecular weight is 209 g/mol. The van der Waals surface area contributed by atoms with Crippen LogP contribution in [0.4, 0.5) is 0 Å². The van der Waals surface area contributed by atoms with E-state index in [1.54, 1.807) is 0 Å². The van der Waals surface area contributed by atoms with Crippen molar-refractivity contribution in [1.29, 1.82) is 0 Å². The molecule has 2 unspecified atom stereocenters. The molecule has 0 aromatic heterocycles. The lowest BCUT2D eigenvalue weighted by Crippen LogP contribution is -2.39. The molecule has 0 spiro atoms. The fourth-order valence-electron chi connectivity index (χ4n) is 1.26. The summed E-state index contributed by atoms with van der Waals surface area (Å²) in [6.07, 6.45) is 9.87. The molecule has 2 atom stereocenters. The van der Waals surface area contributed by atoms with E-state index in [-0.39, 0.29) is 12.1 Å². The Kier molecular flexibility index (Phi) is 4.77. The van der Waals surface area contributed by atoms with Crippen LogP contribution in [-0.2, 0) is 4.84 Å². The molecule has 0 fully saturated rings. The van der Waals surface area contributed by atoms with E-state index in [1.165, 1.54) is 0 Å². The van der Waals surface area contributed by atoms with E-state index in [4.69, 9.17) is 4.84 Å². The number of nitrogens with one attached hydrogen (secondary N) is 3. The van der Waals surface area contributed by atoms with Crippen LogP contribution in [0.2, 0.25) is 0 Å². The average Bonchev–Trinajstić information content (AvgIpc) is 2.27.